The zero-order valence-electron chi connectivity index (χ0n) is 15.7. The van der Waals surface area contributed by atoms with E-state index in [-0.39, 0.29) is 18.0 Å². The first-order valence-electron chi connectivity index (χ1n) is 9.24. The maximum absolute atomic E-state index is 12.5. The van der Waals surface area contributed by atoms with Gasteiger partial charge in [0, 0.05) is 25.0 Å². The second kappa shape index (κ2) is 8.04. The number of nitrogens with zero attached hydrogens (tertiary/aromatic N) is 1. The smallest absolute Gasteiger partial charge is 0.338 e. The van der Waals surface area contributed by atoms with E-state index in [1.165, 1.54) is 12.7 Å². The highest BCUT2D eigenvalue weighted by Gasteiger charge is 2.51. The molecule has 1 aromatic rings. The minimum Gasteiger partial charge on any atom is -0.469 e. The molecule has 4 atom stereocenters. The molecule has 3 rings (SSSR count). The van der Waals surface area contributed by atoms with Gasteiger partial charge in [-0.2, -0.15) is 0 Å². The summed E-state index contributed by atoms with van der Waals surface area (Å²) in [6.45, 7) is 4.98. The van der Waals surface area contributed by atoms with Crippen LogP contribution >= 0.6 is 0 Å². The van der Waals surface area contributed by atoms with Crippen LogP contribution in [0, 0.1) is 5.92 Å². The van der Waals surface area contributed by atoms with E-state index in [9.17, 15) is 9.59 Å². The first-order chi connectivity index (χ1) is 12.5. The molecule has 0 N–H and O–H groups in total. The first-order valence-corrected chi connectivity index (χ1v) is 9.24. The van der Waals surface area contributed by atoms with Gasteiger partial charge in [0.1, 0.15) is 12.0 Å². The normalized spacial score (nSPS) is 27.7. The largest absolute Gasteiger partial charge is 0.469 e. The lowest BCUT2D eigenvalue weighted by Gasteiger charge is -2.42. The average Bonchev–Trinajstić information content (AvgIpc) is 2.93. The molecule has 0 aromatic heterocycles. The minimum absolute atomic E-state index is 0.0605. The van der Waals surface area contributed by atoms with E-state index in [0.29, 0.717) is 18.0 Å². The molecule has 0 spiro atoms. The zero-order chi connectivity index (χ0) is 18.7. The fourth-order valence-corrected chi connectivity index (χ4v) is 4.19. The van der Waals surface area contributed by atoms with Crippen molar-refractivity contribution in [3.8, 4) is 0 Å². The molecule has 140 valence electrons. The van der Waals surface area contributed by atoms with Crippen LogP contribution < -0.4 is 0 Å². The second-order valence-electron chi connectivity index (χ2n) is 7.37. The SMILES string of the molecule is COC(=O)C1C(OC(=O)c2ccccc2)CC2CCC1N2CC=C(C)C. The van der Waals surface area contributed by atoms with Gasteiger partial charge in [-0.05, 0) is 38.8 Å². The summed E-state index contributed by atoms with van der Waals surface area (Å²) in [6, 6.07) is 9.33. The number of hydrogen-bond acceptors (Lipinski definition) is 5. The average molecular weight is 357 g/mol. The lowest BCUT2D eigenvalue weighted by atomic mass is 9.87. The molecule has 2 heterocycles. The van der Waals surface area contributed by atoms with Gasteiger partial charge in [-0.15, -0.1) is 0 Å². The highest BCUT2D eigenvalue weighted by atomic mass is 16.6. The molecule has 5 nitrogen and oxygen atoms in total. The van der Waals surface area contributed by atoms with Crippen molar-refractivity contribution in [2.24, 2.45) is 5.92 Å². The first kappa shape index (κ1) is 18.6. The third-order valence-corrected chi connectivity index (χ3v) is 5.46. The number of benzene rings is 1. The van der Waals surface area contributed by atoms with E-state index in [4.69, 9.17) is 9.47 Å². The van der Waals surface area contributed by atoms with Crippen LogP contribution in [0.1, 0.15) is 43.5 Å². The number of allylic oxidation sites excluding steroid dienone is 1. The van der Waals surface area contributed by atoms with E-state index in [0.717, 1.165) is 19.4 Å². The van der Waals surface area contributed by atoms with Gasteiger partial charge in [-0.3, -0.25) is 9.69 Å². The third kappa shape index (κ3) is 3.83. The predicted octanol–water partition coefficient (Wildman–Crippen LogP) is 3.20. The van der Waals surface area contributed by atoms with E-state index in [2.05, 4.69) is 24.8 Å². The highest BCUT2D eigenvalue weighted by molar-refractivity contribution is 5.89. The molecule has 0 saturated carbocycles. The summed E-state index contributed by atoms with van der Waals surface area (Å²) in [5.74, 6) is -1.10. The van der Waals surface area contributed by atoms with E-state index in [1.54, 1.807) is 24.3 Å². The van der Waals surface area contributed by atoms with Crippen molar-refractivity contribution in [3.05, 3.63) is 47.5 Å². The summed E-state index contributed by atoms with van der Waals surface area (Å²) in [6.07, 6.45) is 4.38. The van der Waals surface area contributed by atoms with Crippen molar-refractivity contribution >= 4 is 11.9 Å². The fourth-order valence-electron chi connectivity index (χ4n) is 4.19. The second-order valence-corrected chi connectivity index (χ2v) is 7.37. The maximum atomic E-state index is 12.5. The van der Waals surface area contributed by atoms with Gasteiger partial charge in [-0.1, -0.05) is 29.8 Å². The Labute approximate surface area is 155 Å². The molecule has 2 aliphatic heterocycles. The van der Waals surface area contributed by atoms with Crippen molar-refractivity contribution in [3.63, 3.8) is 0 Å². The Morgan fingerprint density at radius 3 is 2.58 bits per heavy atom. The predicted molar refractivity (Wildman–Crippen MR) is 98.7 cm³/mol. The van der Waals surface area contributed by atoms with Crippen LogP contribution in [0.3, 0.4) is 0 Å². The lowest BCUT2D eigenvalue weighted by molar-refractivity contribution is -0.156. The number of carbonyl (C=O) groups is 2. The molecular weight excluding hydrogens is 330 g/mol. The Kier molecular flexibility index (Phi) is 5.77. The number of piperidine rings is 1. The Balaban J connectivity index is 1.79. The van der Waals surface area contributed by atoms with Gasteiger partial charge in [0.15, 0.2) is 0 Å². The molecule has 2 saturated heterocycles. The van der Waals surface area contributed by atoms with Gasteiger partial charge in [0.05, 0.1) is 12.7 Å². The van der Waals surface area contributed by atoms with E-state index < -0.39 is 12.0 Å². The molecule has 5 heteroatoms. The van der Waals surface area contributed by atoms with Crippen LogP contribution in [0.15, 0.2) is 42.0 Å². The number of carbonyl (C=O) groups excluding carboxylic acids is 2. The Morgan fingerprint density at radius 2 is 1.92 bits per heavy atom. The standard InChI is InChI=1S/C21H27NO4/c1-14(2)11-12-22-16-9-10-17(22)19(21(24)25-3)18(13-16)26-20(23)15-7-5-4-6-8-15/h4-8,11,16-19H,9-10,12-13H2,1-3H3. The molecule has 2 fully saturated rings. The summed E-state index contributed by atoms with van der Waals surface area (Å²) >= 11 is 0. The van der Waals surface area contributed by atoms with Crippen LogP contribution in [-0.4, -0.2) is 48.7 Å². The number of fused-ring (bicyclic) bond motifs is 2. The summed E-state index contributed by atoms with van der Waals surface area (Å²) in [4.78, 5) is 27.4. The highest BCUT2D eigenvalue weighted by Crippen LogP contribution is 2.41. The van der Waals surface area contributed by atoms with Gasteiger partial charge >= 0.3 is 11.9 Å². The Hall–Kier alpha value is -2.14. The third-order valence-electron chi connectivity index (χ3n) is 5.46. The van der Waals surface area contributed by atoms with Gasteiger partial charge < -0.3 is 9.47 Å². The van der Waals surface area contributed by atoms with Gasteiger partial charge in [0.25, 0.3) is 0 Å². The van der Waals surface area contributed by atoms with Crippen LogP contribution in [-0.2, 0) is 14.3 Å². The maximum Gasteiger partial charge on any atom is 0.338 e. The Bertz CT molecular complexity index is 681. The number of methoxy groups -OCH3 is 1. The number of ether oxygens (including phenoxy) is 2. The number of hydrogen-bond donors (Lipinski definition) is 0. The van der Waals surface area contributed by atoms with Crippen molar-refractivity contribution in [1.82, 2.24) is 4.90 Å². The fraction of sp³-hybridized carbons (Fsp3) is 0.524. The van der Waals surface area contributed by atoms with E-state index in [1.807, 2.05) is 6.07 Å². The monoisotopic (exact) mass is 357 g/mol. The minimum atomic E-state index is -0.435. The van der Waals surface area contributed by atoms with Gasteiger partial charge in [-0.25, -0.2) is 4.79 Å². The summed E-state index contributed by atoms with van der Waals surface area (Å²) in [5, 5.41) is 0. The van der Waals surface area contributed by atoms with Crippen LogP contribution in [0.2, 0.25) is 0 Å². The topological polar surface area (TPSA) is 55.8 Å². The number of esters is 2. The van der Waals surface area contributed by atoms with Crippen molar-refractivity contribution < 1.29 is 19.1 Å². The van der Waals surface area contributed by atoms with Crippen LogP contribution in [0.4, 0.5) is 0 Å². The van der Waals surface area contributed by atoms with Gasteiger partial charge in [0.2, 0.25) is 0 Å². The van der Waals surface area contributed by atoms with Crippen LogP contribution in [0.25, 0.3) is 0 Å². The zero-order valence-corrected chi connectivity index (χ0v) is 15.7. The lowest BCUT2D eigenvalue weighted by Crippen LogP contribution is -2.55. The molecule has 2 bridgehead atoms. The molecule has 0 aliphatic carbocycles. The van der Waals surface area contributed by atoms with Crippen molar-refractivity contribution in [2.75, 3.05) is 13.7 Å². The Morgan fingerprint density at radius 1 is 1.19 bits per heavy atom. The summed E-state index contributed by atoms with van der Waals surface area (Å²) in [7, 11) is 1.40. The molecule has 1 aromatic carbocycles. The van der Waals surface area contributed by atoms with E-state index >= 15 is 0 Å². The summed E-state index contributed by atoms with van der Waals surface area (Å²) < 4.78 is 10.8. The van der Waals surface area contributed by atoms with Crippen molar-refractivity contribution in [1.29, 1.82) is 0 Å². The van der Waals surface area contributed by atoms with Crippen LogP contribution in [0.5, 0.6) is 0 Å². The molecule has 26 heavy (non-hydrogen) atoms. The van der Waals surface area contributed by atoms with Crippen molar-refractivity contribution in [2.45, 2.75) is 51.3 Å². The molecular formula is C21H27NO4. The molecule has 0 radical (unpaired) electrons. The molecule has 2 aliphatic rings. The quantitative estimate of drug-likeness (QED) is 0.598. The number of rotatable bonds is 5. The summed E-state index contributed by atoms with van der Waals surface area (Å²) in [5.41, 5.74) is 1.77. The molecule has 0 amide bonds. The molecule has 4 unspecified atom stereocenters.